The quantitative estimate of drug-likeness (QED) is 0.163. The molecule has 6 aromatic carbocycles. The molecule has 0 amide bonds. The number of benzene rings is 6. The highest BCUT2D eigenvalue weighted by Crippen LogP contribution is 2.55. The third kappa shape index (κ3) is 5.62. The number of ether oxygens (including phenoxy) is 1. The molecule has 0 unspecified atom stereocenters. The fourth-order valence-corrected chi connectivity index (χ4v) is 10.2. The van der Waals surface area contributed by atoms with Crippen molar-refractivity contribution in [3.63, 3.8) is 0 Å². The molecule has 61 heavy (non-hydrogen) atoms. The zero-order valence-electron chi connectivity index (χ0n) is 37.3. The number of anilines is 3. The third-order valence-electron chi connectivity index (χ3n) is 13.8. The summed E-state index contributed by atoms with van der Waals surface area (Å²) >= 11 is 0. The molecule has 3 aliphatic rings. The van der Waals surface area contributed by atoms with Crippen molar-refractivity contribution in [3.05, 3.63) is 149 Å². The van der Waals surface area contributed by atoms with Gasteiger partial charge < -0.3 is 14.1 Å². The van der Waals surface area contributed by atoms with Crippen LogP contribution in [0.1, 0.15) is 104 Å². The molecule has 0 atom stereocenters. The van der Waals surface area contributed by atoms with Gasteiger partial charge in [-0.05, 0) is 126 Å². The van der Waals surface area contributed by atoms with Crippen molar-refractivity contribution < 1.29 is 9.15 Å². The summed E-state index contributed by atoms with van der Waals surface area (Å²) < 4.78 is 13.9. The van der Waals surface area contributed by atoms with Crippen LogP contribution in [0.5, 0.6) is 11.5 Å². The molecule has 0 N–H and O–H groups in total. The summed E-state index contributed by atoms with van der Waals surface area (Å²) in [6, 6.07) is 42.9. The lowest BCUT2D eigenvalue weighted by Crippen LogP contribution is -2.61. The van der Waals surface area contributed by atoms with Crippen molar-refractivity contribution in [2.75, 3.05) is 4.90 Å². The summed E-state index contributed by atoms with van der Waals surface area (Å²) in [7, 11) is 0. The summed E-state index contributed by atoms with van der Waals surface area (Å²) in [6.45, 7) is 25.8. The Labute approximate surface area is 360 Å². The molecule has 0 saturated heterocycles. The van der Waals surface area contributed by atoms with Crippen LogP contribution in [0.25, 0.3) is 44.3 Å². The molecule has 5 heterocycles. The number of aromatic nitrogens is 1. The molecule has 302 valence electrons. The average molecular weight is 797 g/mol. The number of furan rings is 1. The van der Waals surface area contributed by atoms with Crippen LogP contribution in [0, 0.1) is 0 Å². The topological polar surface area (TPSA) is 38.5 Å². The van der Waals surface area contributed by atoms with Gasteiger partial charge in [0.15, 0.2) is 0 Å². The van der Waals surface area contributed by atoms with Crippen LogP contribution in [0.2, 0.25) is 0 Å². The highest BCUT2D eigenvalue weighted by Gasteiger charge is 2.49. The molecule has 11 rings (SSSR count). The van der Waals surface area contributed by atoms with Gasteiger partial charge in [-0.1, -0.05) is 137 Å². The zero-order chi connectivity index (χ0) is 42.5. The van der Waals surface area contributed by atoms with E-state index in [2.05, 4.69) is 183 Å². The molecular weight excluding hydrogens is 743 g/mol. The van der Waals surface area contributed by atoms with E-state index in [1.807, 2.05) is 24.4 Å². The smallest absolute Gasteiger partial charge is 0.256 e. The molecule has 4 nitrogen and oxygen atoms in total. The highest BCUT2D eigenvalue weighted by atomic mass is 16.5. The highest BCUT2D eigenvalue weighted by molar-refractivity contribution is 6.99. The van der Waals surface area contributed by atoms with Crippen molar-refractivity contribution in [3.8, 4) is 33.9 Å². The third-order valence-corrected chi connectivity index (χ3v) is 13.8. The van der Waals surface area contributed by atoms with E-state index < -0.39 is 0 Å². The lowest BCUT2D eigenvalue weighted by molar-refractivity contribution is 0.486. The van der Waals surface area contributed by atoms with Gasteiger partial charge in [-0.15, -0.1) is 0 Å². The number of para-hydroxylation sites is 1. The van der Waals surface area contributed by atoms with Crippen molar-refractivity contribution in [1.29, 1.82) is 0 Å². The maximum atomic E-state index is 7.14. The maximum Gasteiger partial charge on any atom is 0.256 e. The van der Waals surface area contributed by atoms with Crippen LogP contribution in [0.15, 0.2) is 126 Å². The molecule has 0 saturated carbocycles. The summed E-state index contributed by atoms with van der Waals surface area (Å²) in [5.74, 6) is 1.83. The Morgan fingerprint density at radius 1 is 0.574 bits per heavy atom. The Hall–Kier alpha value is -6.07. The van der Waals surface area contributed by atoms with Gasteiger partial charge in [-0.2, -0.15) is 0 Å². The van der Waals surface area contributed by atoms with Crippen LogP contribution in [0.4, 0.5) is 17.1 Å². The standard InChI is InChI=1S/C56H53BN2O2/c1-53(2,3)34-19-22-45-40(28-34)56(10,11)41-29-36(55(7,8)9)31-43-51(41)59(45)46-25-33(27-49-50(46)57(43)42-30-35(54(4,5)6)20-23-47(42)60-49)32-18-21-37-38-15-14-16-39(44-17-12-13-24-58-44)52(38)61-48(37)26-32/h12-31H,1-11H3. The minimum absolute atomic E-state index is 0.00582. The van der Waals surface area contributed by atoms with Gasteiger partial charge in [0.05, 0.1) is 11.4 Å². The number of hydrogen-bond donors (Lipinski definition) is 0. The summed E-state index contributed by atoms with van der Waals surface area (Å²) in [6.07, 6.45) is 1.84. The summed E-state index contributed by atoms with van der Waals surface area (Å²) in [4.78, 5) is 7.25. The van der Waals surface area contributed by atoms with Gasteiger partial charge in [0.2, 0.25) is 0 Å². The Kier molecular flexibility index (Phi) is 7.77. The predicted octanol–water partition coefficient (Wildman–Crippen LogP) is 13.3. The first-order valence-corrected chi connectivity index (χ1v) is 21.9. The second-order valence-electron chi connectivity index (χ2n) is 21.3. The van der Waals surface area contributed by atoms with Crippen molar-refractivity contribution in [2.24, 2.45) is 0 Å². The van der Waals surface area contributed by atoms with Crippen LogP contribution >= 0.6 is 0 Å². The Morgan fingerprint density at radius 2 is 1.30 bits per heavy atom. The van der Waals surface area contributed by atoms with Crippen LogP contribution in [0.3, 0.4) is 0 Å². The summed E-state index contributed by atoms with van der Waals surface area (Å²) in [5.41, 5.74) is 19.7. The Morgan fingerprint density at radius 3 is 2.03 bits per heavy atom. The largest absolute Gasteiger partial charge is 0.458 e. The Bertz CT molecular complexity index is 3150. The van der Waals surface area contributed by atoms with Crippen molar-refractivity contribution >= 4 is 62.1 Å². The second kappa shape index (κ2) is 12.5. The molecular formula is C56H53BN2O2. The normalized spacial score (nSPS) is 15.0. The van der Waals surface area contributed by atoms with E-state index in [-0.39, 0.29) is 28.4 Å². The minimum Gasteiger partial charge on any atom is -0.458 e. The second-order valence-corrected chi connectivity index (χ2v) is 21.3. The minimum atomic E-state index is -0.252. The van der Waals surface area contributed by atoms with Gasteiger partial charge in [0.25, 0.3) is 6.71 Å². The SMILES string of the molecule is CC(C)(C)c1ccc2c(c1)B1c3cc(C(C)(C)C)cc4c3N(c3ccc(C(C)(C)C)cc3C4(C)C)c3cc(-c4ccc5c(c4)oc4c(-c6ccccn6)cccc45)cc(c31)O2. The van der Waals surface area contributed by atoms with Gasteiger partial charge >= 0.3 is 0 Å². The van der Waals surface area contributed by atoms with E-state index in [0.29, 0.717) is 0 Å². The predicted molar refractivity (Wildman–Crippen MR) is 256 cm³/mol. The number of rotatable bonds is 2. The fraction of sp³-hybridized carbons (Fsp3) is 0.268. The van der Waals surface area contributed by atoms with Gasteiger partial charge in [0.1, 0.15) is 22.7 Å². The first-order chi connectivity index (χ1) is 28.9. The monoisotopic (exact) mass is 796 g/mol. The molecule has 0 bridgehead atoms. The molecule has 0 aliphatic carbocycles. The molecule has 3 aliphatic heterocycles. The molecule has 8 aromatic rings. The number of hydrogen-bond acceptors (Lipinski definition) is 4. The molecule has 0 fully saturated rings. The Balaban J connectivity index is 1.20. The van der Waals surface area contributed by atoms with E-state index in [1.165, 1.54) is 61.3 Å². The molecule has 0 radical (unpaired) electrons. The van der Waals surface area contributed by atoms with Gasteiger partial charge in [-0.3, -0.25) is 4.98 Å². The van der Waals surface area contributed by atoms with Crippen LogP contribution < -0.4 is 26.0 Å². The molecule has 2 aromatic heterocycles. The lowest BCUT2D eigenvalue weighted by atomic mass is 9.33. The van der Waals surface area contributed by atoms with Gasteiger partial charge in [0, 0.05) is 39.3 Å². The molecule has 5 heteroatoms. The number of fused-ring (bicyclic) bond motifs is 9. The number of nitrogens with zero attached hydrogens (tertiary/aromatic N) is 2. The zero-order valence-corrected chi connectivity index (χ0v) is 37.3. The summed E-state index contributed by atoms with van der Waals surface area (Å²) in [5, 5.41) is 2.18. The van der Waals surface area contributed by atoms with Crippen molar-refractivity contribution in [1.82, 2.24) is 4.98 Å². The van der Waals surface area contributed by atoms with Crippen molar-refractivity contribution in [2.45, 2.75) is 97.8 Å². The van der Waals surface area contributed by atoms with Crippen LogP contribution in [-0.4, -0.2) is 11.7 Å². The van der Waals surface area contributed by atoms with E-state index >= 15 is 0 Å². The first kappa shape index (κ1) is 37.9. The van der Waals surface area contributed by atoms with E-state index in [1.54, 1.807) is 0 Å². The van der Waals surface area contributed by atoms with E-state index in [9.17, 15) is 0 Å². The fourth-order valence-electron chi connectivity index (χ4n) is 10.2. The van der Waals surface area contributed by atoms with E-state index in [0.717, 1.165) is 55.8 Å². The molecule has 0 spiro atoms. The lowest BCUT2D eigenvalue weighted by Gasteiger charge is -2.49. The maximum absolute atomic E-state index is 7.14. The number of pyridine rings is 1. The van der Waals surface area contributed by atoms with Crippen LogP contribution in [-0.2, 0) is 21.7 Å². The first-order valence-electron chi connectivity index (χ1n) is 21.9. The average Bonchev–Trinajstić information content (AvgIpc) is 3.60. The van der Waals surface area contributed by atoms with E-state index in [4.69, 9.17) is 9.15 Å². The van der Waals surface area contributed by atoms with Gasteiger partial charge in [-0.25, -0.2) is 0 Å².